The summed E-state index contributed by atoms with van der Waals surface area (Å²) in [6.45, 7) is 4.22. The van der Waals surface area contributed by atoms with E-state index in [0.29, 0.717) is 44.9 Å². The molecule has 4 heteroatoms. The highest BCUT2D eigenvalue weighted by Crippen LogP contribution is 2.25. The Hall–Kier alpha value is -0.610. The predicted octanol–water partition coefficient (Wildman–Crippen LogP) is 1.28. The fourth-order valence-corrected chi connectivity index (χ4v) is 2.46. The Bertz CT molecular complexity index is 282. The number of unbranched alkanes of at least 4 members (excludes halogenated alkanes) is 1. The van der Waals surface area contributed by atoms with E-state index < -0.39 is 5.60 Å². The fourth-order valence-electron chi connectivity index (χ4n) is 2.46. The van der Waals surface area contributed by atoms with Gasteiger partial charge in [-0.2, -0.15) is 0 Å². The standard InChI is InChI=1S/C14H26N2O2/c1-2-3-4-13(17)16-9-7-14(18,8-10-16)11-15-12-5-6-12/h12,15,18H,2-11H2,1H3. The number of carbonyl (C=O) groups excluding carboxylic acids is 1. The van der Waals surface area contributed by atoms with Crippen LogP contribution in [0.4, 0.5) is 0 Å². The van der Waals surface area contributed by atoms with Gasteiger partial charge >= 0.3 is 0 Å². The second-order valence-electron chi connectivity index (χ2n) is 5.86. The average molecular weight is 254 g/mol. The number of rotatable bonds is 6. The summed E-state index contributed by atoms with van der Waals surface area (Å²) < 4.78 is 0. The van der Waals surface area contributed by atoms with Gasteiger partial charge in [0.15, 0.2) is 0 Å². The summed E-state index contributed by atoms with van der Waals surface area (Å²) in [6, 6.07) is 0.637. The van der Waals surface area contributed by atoms with E-state index >= 15 is 0 Å². The number of carbonyl (C=O) groups is 1. The number of aliphatic hydroxyl groups is 1. The molecule has 1 aliphatic heterocycles. The summed E-state index contributed by atoms with van der Waals surface area (Å²) in [5.41, 5.74) is -0.593. The van der Waals surface area contributed by atoms with Crippen LogP contribution in [-0.4, -0.2) is 47.2 Å². The van der Waals surface area contributed by atoms with Crippen molar-refractivity contribution in [2.75, 3.05) is 19.6 Å². The first-order chi connectivity index (χ1) is 8.63. The minimum absolute atomic E-state index is 0.258. The zero-order valence-corrected chi connectivity index (χ0v) is 11.5. The summed E-state index contributed by atoms with van der Waals surface area (Å²) in [5, 5.41) is 13.8. The lowest BCUT2D eigenvalue weighted by molar-refractivity contribution is -0.135. The zero-order valence-electron chi connectivity index (χ0n) is 11.5. The van der Waals surface area contributed by atoms with E-state index in [0.717, 1.165) is 12.8 Å². The van der Waals surface area contributed by atoms with Gasteiger partial charge in [-0.15, -0.1) is 0 Å². The van der Waals surface area contributed by atoms with E-state index in [-0.39, 0.29) is 5.91 Å². The highest BCUT2D eigenvalue weighted by atomic mass is 16.3. The maximum atomic E-state index is 11.9. The molecule has 4 nitrogen and oxygen atoms in total. The van der Waals surface area contributed by atoms with Crippen LogP contribution in [0.1, 0.15) is 51.9 Å². The Labute approximate surface area is 110 Å². The van der Waals surface area contributed by atoms with Gasteiger partial charge in [-0.05, 0) is 32.1 Å². The van der Waals surface area contributed by atoms with Gasteiger partial charge in [0.25, 0.3) is 0 Å². The number of amides is 1. The van der Waals surface area contributed by atoms with Gasteiger partial charge in [0.1, 0.15) is 0 Å². The predicted molar refractivity (Wildman–Crippen MR) is 71.3 cm³/mol. The van der Waals surface area contributed by atoms with Crippen LogP contribution >= 0.6 is 0 Å². The molecule has 0 spiro atoms. The third-order valence-corrected chi connectivity index (χ3v) is 4.09. The monoisotopic (exact) mass is 254 g/mol. The number of nitrogens with zero attached hydrogens (tertiary/aromatic N) is 1. The van der Waals surface area contributed by atoms with Crippen molar-refractivity contribution in [3.05, 3.63) is 0 Å². The van der Waals surface area contributed by atoms with Gasteiger partial charge in [-0.25, -0.2) is 0 Å². The van der Waals surface area contributed by atoms with Crippen molar-refractivity contribution in [3.8, 4) is 0 Å². The minimum Gasteiger partial charge on any atom is -0.388 e. The van der Waals surface area contributed by atoms with Crippen LogP contribution in [0.15, 0.2) is 0 Å². The van der Waals surface area contributed by atoms with Crippen molar-refractivity contribution in [1.29, 1.82) is 0 Å². The maximum Gasteiger partial charge on any atom is 0.222 e. The van der Waals surface area contributed by atoms with Crippen LogP contribution < -0.4 is 5.32 Å². The summed E-state index contributed by atoms with van der Waals surface area (Å²) in [4.78, 5) is 13.8. The Morgan fingerprint density at radius 1 is 1.39 bits per heavy atom. The maximum absolute atomic E-state index is 11.9. The van der Waals surface area contributed by atoms with E-state index in [2.05, 4.69) is 12.2 Å². The molecule has 0 aromatic heterocycles. The summed E-state index contributed by atoms with van der Waals surface area (Å²) >= 11 is 0. The van der Waals surface area contributed by atoms with E-state index in [4.69, 9.17) is 0 Å². The molecule has 0 atom stereocenters. The summed E-state index contributed by atoms with van der Waals surface area (Å²) in [5.74, 6) is 0.258. The molecule has 0 aromatic rings. The first-order valence-electron chi connectivity index (χ1n) is 7.36. The van der Waals surface area contributed by atoms with Gasteiger partial charge in [0, 0.05) is 32.1 Å². The van der Waals surface area contributed by atoms with Crippen molar-refractivity contribution >= 4 is 5.91 Å². The lowest BCUT2D eigenvalue weighted by atomic mass is 9.91. The molecule has 1 saturated carbocycles. The van der Waals surface area contributed by atoms with Crippen LogP contribution in [0.25, 0.3) is 0 Å². The number of likely N-dealkylation sites (tertiary alicyclic amines) is 1. The molecule has 18 heavy (non-hydrogen) atoms. The molecule has 104 valence electrons. The van der Waals surface area contributed by atoms with Gasteiger partial charge in [-0.1, -0.05) is 13.3 Å². The topological polar surface area (TPSA) is 52.6 Å². The number of hydrogen-bond donors (Lipinski definition) is 2. The first kappa shape index (κ1) is 13.8. The van der Waals surface area contributed by atoms with Crippen LogP contribution in [0.3, 0.4) is 0 Å². The van der Waals surface area contributed by atoms with E-state index in [1.807, 2.05) is 4.90 Å². The molecule has 0 aromatic carbocycles. The Morgan fingerprint density at radius 3 is 2.61 bits per heavy atom. The molecule has 2 rings (SSSR count). The van der Waals surface area contributed by atoms with Crippen LogP contribution in [0, 0.1) is 0 Å². The van der Waals surface area contributed by atoms with Crippen LogP contribution in [-0.2, 0) is 4.79 Å². The Morgan fingerprint density at radius 2 is 2.06 bits per heavy atom. The summed E-state index contributed by atoms with van der Waals surface area (Å²) in [6.07, 6.45) is 6.62. The SMILES string of the molecule is CCCCC(=O)N1CCC(O)(CNC2CC2)CC1. The smallest absolute Gasteiger partial charge is 0.222 e. The van der Waals surface area contributed by atoms with E-state index in [1.54, 1.807) is 0 Å². The van der Waals surface area contributed by atoms with Crippen molar-refractivity contribution in [1.82, 2.24) is 10.2 Å². The summed E-state index contributed by atoms with van der Waals surface area (Å²) in [7, 11) is 0. The fraction of sp³-hybridized carbons (Fsp3) is 0.929. The van der Waals surface area contributed by atoms with Gasteiger partial charge in [-0.3, -0.25) is 4.79 Å². The second kappa shape index (κ2) is 6.02. The van der Waals surface area contributed by atoms with Crippen LogP contribution in [0.2, 0.25) is 0 Å². The highest BCUT2D eigenvalue weighted by Gasteiger charge is 2.35. The molecule has 1 amide bonds. The molecule has 1 heterocycles. The zero-order chi connectivity index (χ0) is 13.0. The molecule has 1 saturated heterocycles. The molecule has 2 N–H and O–H groups in total. The molecule has 0 bridgehead atoms. The van der Waals surface area contributed by atoms with Gasteiger partial charge in [0.2, 0.25) is 5.91 Å². The molecule has 1 aliphatic carbocycles. The van der Waals surface area contributed by atoms with E-state index in [1.165, 1.54) is 12.8 Å². The van der Waals surface area contributed by atoms with Crippen molar-refractivity contribution in [3.63, 3.8) is 0 Å². The van der Waals surface area contributed by atoms with Crippen molar-refractivity contribution in [2.45, 2.75) is 63.5 Å². The van der Waals surface area contributed by atoms with Crippen molar-refractivity contribution < 1.29 is 9.90 Å². The number of piperidine rings is 1. The van der Waals surface area contributed by atoms with Crippen molar-refractivity contribution in [2.24, 2.45) is 0 Å². The Balaban J connectivity index is 1.70. The first-order valence-corrected chi connectivity index (χ1v) is 7.36. The molecule has 2 fully saturated rings. The molecular weight excluding hydrogens is 228 g/mol. The normalized spacial score (nSPS) is 23.1. The minimum atomic E-state index is -0.593. The molecule has 0 unspecified atom stereocenters. The second-order valence-corrected chi connectivity index (χ2v) is 5.86. The highest BCUT2D eigenvalue weighted by molar-refractivity contribution is 5.76. The number of nitrogens with one attached hydrogen (secondary N) is 1. The lowest BCUT2D eigenvalue weighted by Gasteiger charge is -2.38. The third-order valence-electron chi connectivity index (χ3n) is 4.09. The van der Waals surface area contributed by atoms with Gasteiger partial charge < -0.3 is 15.3 Å². The molecule has 0 radical (unpaired) electrons. The van der Waals surface area contributed by atoms with Crippen LogP contribution in [0.5, 0.6) is 0 Å². The largest absolute Gasteiger partial charge is 0.388 e. The number of hydrogen-bond acceptors (Lipinski definition) is 3. The lowest BCUT2D eigenvalue weighted by Crippen LogP contribution is -2.51. The quantitative estimate of drug-likeness (QED) is 0.751. The third kappa shape index (κ3) is 3.95. The Kier molecular flexibility index (Phi) is 4.62. The van der Waals surface area contributed by atoms with Gasteiger partial charge in [0.05, 0.1) is 5.60 Å². The van der Waals surface area contributed by atoms with E-state index in [9.17, 15) is 9.90 Å². The molecular formula is C14H26N2O2. The average Bonchev–Trinajstić information content (AvgIpc) is 3.19. The molecule has 2 aliphatic rings.